The van der Waals surface area contributed by atoms with Gasteiger partial charge in [0.2, 0.25) is 0 Å². The summed E-state index contributed by atoms with van der Waals surface area (Å²) in [6.45, 7) is 2.41. The molecule has 0 aliphatic heterocycles. The summed E-state index contributed by atoms with van der Waals surface area (Å²) in [7, 11) is 1.65. The molecule has 146 valence electrons. The Morgan fingerprint density at radius 1 is 1.10 bits per heavy atom. The van der Waals surface area contributed by atoms with Gasteiger partial charge in [-0.05, 0) is 42.3 Å². The number of hydrogen-bond acceptors (Lipinski definition) is 6. The topological polar surface area (TPSA) is 84.3 Å². The van der Waals surface area contributed by atoms with Gasteiger partial charge < -0.3 is 15.2 Å². The van der Waals surface area contributed by atoms with E-state index in [2.05, 4.69) is 20.7 Å². The van der Waals surface area contributed by atoms with Gasteiger partial charge in [-0.3, -0.25) is 0 Å². The van der Waals surface area contributed by atoms with Crippen LogP contribution in [0.25, 0.3) is 21.3 Å². The number of aromatic carboxylic acids is 1. The van der Waals surface area contributed by atoms with Crippen LogP contribution in [0, 0.1) is 6.92 Å². The molecule has 0 saturated heterocycles. The highest BCUT2D eigenvalue weighted by Crippen LogP contribution is 2.37. The van der Waals surface area contributed by atoms with Crippen LogP contribution in [0.2, 0.25) is 0 Å². The van der Waals surface area contributed by atoms with Crippen LogP contribution in [0.15, 0.2) is 53.9 Å². The van der Waals surface area contributed by atoms with Crippen molar-refractivity contribution in [3.8, 4) is 16.9 Å². The lowest BCUT2D eigenvalue weighted by Crippen LogP contribution is -2.04. The lowest BCUT2D eigenvalue weighted by molar-refractivity contribution is 0.0697. The minimum absolute atomic E-state index is 0.272. The molecule has 2 N–H and O–H groups in total. The number of aromatic nitrogens is 2. The zero-order valence-corrected chi connectivity index (χ0v) is 16.8. The van der Waals surface area contributed by atoms with Gasteiger partial charge in [-0.25, -0.2) is 14.8 Å². The van der Waals surface area contributed by atoms with Crippen molar-refractivity contribution in [2.24, 2.45) is 0 Å². The molecule has 0 radical (unpaired) electrons. The molecule has 0 fully saturated rings. The highest BCUT2D eigenvalue weighted by atomic mass is 32.1. The van der Waals surface area contributed by atoms with Crippen LogP contribution in [0.5, 0.6) is 5.75 Å². The monoisotopic (exact) mass is 405 g/mol. The zero-order valence-electron chi connectivity index (χ0n) is 16.0. The molecule has 6 nitrogen and oxygen atoms in total. The molecule has 0 spiro atoms. The summed E-state index contributed by atoms with van der Waals surface area (Å²) >= 11 is 1.59. The van der Waals surface area contributed by atoms with Crippen molar-refractivity contribution in [1.82, 2.24) is 9.97 Å². The van der Waals surface area contributed by atoms with E-state index in [1.807, 2.05) is 31.2 Å². The van der Waals surface area contributed by atoms with Crippen LogP contribution in [0.1, 0.15) is 21.7 Å². The Bertz CT molecular complexity index is 1170. The summed E-state index contributed by atoms with van der Waals surface area (Å²) in [6.07, 6.45) is 0. The number of thiophene rings is 1. The van der Waals surface area contributed by atoms with Crippen molar-refractivity contribution in [1.29, 1.82) is 0 Å². The lowest BCUT2D eigenvalue weighted by atomic mass is 10.1. The van der Waals surface area contributed by atoms with Gasteiger partial charge in [-0.2, -0.15) is 0 Å². The Hall–Kier alpha value is -3.45. The largest absolute Gasteiger partial charge is 0.497 e. The number of carbonyl (C=O) groups is 1. The Labute approximate surface area is 171 Å². The fourth-order valence-corrected chi connectivity index (χ4v) is 4.10. The molecule has 0 unspecified atom stereocenters. The molecule has 0 bridgehead atoms. The fraction of sp³-hybridized carbons (Fsp3) is 0.136. The second-order valence-corrected chi connectivity index (χ2v) is 7.39. The highest BCUT2D eigenvalue weighted by Gasteiger charge is 2.14. The maximum Gasteiger partial charge on any atom is 0.335 e. The first-order valence-corrected chi connectivity index (χ1v) is 9.89. The van der Waals surface area contributed by atoms with E-state index in [1.165, 1.54) is 0 Å². The number of anilines is 1. The number of carboxylic acids is 1. The van der Waals surface area contributed by atoms with E-state index in [9.17, 15) is 4.79 Å². The van der Waals surface area contributed by atoms with E-state index in [0.717, 1.165) is 38.5 Å². The molecule has 0 amide bonds. The van der Waals surface area contributed by atoms with Crippen molar-refractivity contribution < 1.29 is 14.6 Å². The molecule has 0 aliphatic carbocycles. The quantitative estimate of drug-likeness (QED) is 0.470. The van der Waals surface area contributed by atoms with Gasteiger partial charge in [0, 0.05) is 17.5 Å². The van der Waals surface area contributed by atoms with Crippen molar-refractivity contribution in [3.05, 3.63) is 70.9 Å². The van der Waals surface area contributed by atoms with Crippen LogP contribution in [0.3, 0.4) is 0 Å². The summed E-state index contributed by atoms with van der Waals surface area (Å²) < 4.78 is 5.25. The van der Waals surface area contributed by atoms with Gasteiger partial charge in [-0.1, -0.05) is 24.3 Å². The second-order valence-electron chi connectivity index (χ2n) is 6.53. The first-order valence-electron chi connectivity index (χ1n) is 9.01. The molecule has 2 heterocycles. The average molecular weight is 405 g/mol. The maximum atomic E-state index is 11.0. The highest BCUT2D eigenvalue weighted by molar-refractivity contribution is 7.17. The van der Waals surface area contributed by atoms with Crippen molar-refractivity contribution in [2.45, 2.75) is 13.5 Å². The number of rotatable bonds is 6. The predicted molar refractivity (Wildman–Crippen MR) is 115 cm³/mol. The van der Waals surface area contributed by atoms with E-state index < -0.39 is 5.97 Å². The van der Waals surface area contributed by atoms with Gasteiger partial charge in [0.1, 0.15) is 22.2 Å². The third-order valence-electron chi connectivity index (χ3n) is 4.61. The predicted octanol–water partition coefficient (Wildman–Crippen LogP) is 4.99. The van der Waals surface area contributed by atoms with E-state index in [0.29, 0.717) is 12.4 Å². The number of carboxylic acid groups (broad SMARTS) is 1. The third kappa shape index (κ3) is 3.90. The van der Waals surface area contributed by atoms with Crippen LogP contribution in [-0.2, 0) is 6.54 Å². The normalized spacial score (nSPS) is 10.8. The second kappa shape index (κ2) is 7.89. The Morgan fingerprint density at radius 2 is 1.83 bits per heavy atom. The molecule has 4 rings (SSSR count). The van der Waals surface area contributed by atoms with E-state index in [-0.39, 0.29) is 5.56 Å². The number of nitrogens with one attached hydrogen (secondary N) is 1. The molecular weight excluding hydrogens is 386 g/mol. The van der Waals surface area contributed by atoms with Crippen molar-refractivity contribution in [2.75, 3.05) is 12.4 Å². The number of aryl methyl sites for hydroxylation is 1. The van der Waals surface area contributed by atoms with Crippen molar-refractivity contribution >= 4 is 33.3 Å². The minimum Gasteiger partial charge on any atom is -0.497 e. The average Bonchev–Trinajstić information content (AvgIpc) is 3.16. The van der Waals surface area contributed by atoms with E-state index in [1.54, 1.807) is 42.7 Å². The zero-order chi connectivity index (χ0) is 20.4. The molecule has 2 aromatic heterocycles. The Kier molecular flexibility index (Phi) is 5.14. The molecular formula is C22H19N3O3S. The van der Waals surface area contributed by atoms with Gasteiger partial charge in [0.05, 0.1) is 18.1 Å². The maximum absolute atomic E-state index is 11.0. The number of ether oxygens (including phenoxy) is 1. The third-order valence-corrected chi connectivity index (χ3v) is 5.48. The van der Waals surface area contributed by atoms with Crippen LogP contribution < -0.4 is 10.1 Å². The Balaban J connectivity index is 1.67. The number of hydrogen-bond donors (Lipinski definition) is 2. The number of nitrogens with zero attached hydrogens (tertiary/aromatic N) is 2. The summed E-state index contributed by atoms with van der Waals surface area (Å²) in [5, 5.41) is 15.5. The SMILES string of the molecule is COc1ccc(-c2csc3nc(C)nc(NCc4ccc(C(=O)O)cc4)c23)cc1. The molecule has 29 heavy (non-hydrogen) atoms. The summed E-state index contributed by atoms with van der Waals surface area (Å²) in [5.74, 6) is 1.34. The first-order chi connectivity index (χ1) is 14.0. The first kappa shape index (κ1) is 18.9. The van der Waals surface area contributed by atoms with E-state index in [4.69, 9.17) is 9.84 Å². The smallest absolute Gasteiger partial charge is 0.335 e. The van der Waals surface area contributed by atoms with Gasteiger partial charge in [-0.15, -0.1) is 11.3 Å². The molecule has 0 saturated carbocycles. The van der Waals surface area contributed by atoms with Gasteiger partial charge >= 0.3 is 5.97 Å². The summed E-state index contributed by atoms with van der Waals surface area (Å²) in [5.41, 5.74) is 3.38. The molecule has 2 aromatic carbocycles. The molecule has 4 aromatic rings. The summed E-state index contributed by atoms with van der Waals surface area (Å²) in [4.78, 5) is 21.1. The molecule has 7 heteroatoms. The molecule has 0 atom stereocenters. The van der Waals surface area contributed by atoms with E-state index >= 15 is 0 Å². The van der Waals surface area contributed by atoms with Crippen LogP contribution >= 0.6 is 11.3 Å². The fourth-order valence-electron chi connectivity index (χ4n) is 3.11. The van der Waals surface area contributed by atoms with Crippen LogP contribution in [-0.4, -0.2) is 28.2 Å². The van der Waals surface area contributed by atoms with Crippen molar-refractivity contribution in [3.63, 3.8) is 0 Å². The number of methoxy groups -OCH3 is 1. The van der Waals surface area contributed by atoms with Crippen LogP contribution in [0.4, 0.5) is 5.82 Å². The van der Waals surface area contributed by atoms with Gasteiger partial charge in [0.25, 0.3) is 0 Å². The Morgan fingerprint density at radius 3 is 2.48 bits per heavy atom. The standard InChI is InChI=1S/C22H19N3O3S/c1-13-24-20(23-11-14-3-5-16(6-4-14)22(26)27)19-18(12-29-21(19)25-13)15-7-9-17(28-2)10-8-15/h3-10,12H,11H2,1-2H3,(H,26,27)(H,23,24,25). The summed E-state index contributed by atoms with van der Waals surface area (Å²) in [6, 6.07) is 14.7. The van der Waals surface area contributed by atoms with Gasteiger partial charge in [0.15, 0.2) is 0 Å². The molecule has 0 aliphatic rings. The number of fused-ring (bicyclic) bond motifs is 1. The lowest BCUT2D eigenvalue weighted by Gasteiger charge is -2.10. The minimum atomic E-state index is -0.931. The number of benzene rings is 2.